The highest BCUT2D eigenvalue weighted by molar-refractivity contribution is 5.49. The van der Waals surface area contributed by atoms with E-state index >= 15 is 0 Å². The fourth-order valence-corrected chi connectivity index (χ4v) is 3.00. The first kappa shape index (κ1) is 9.95. The minimum Gasteiger partial charge on any atom is -0.469 e. The van der Waals surface area contributed by atoms with Crippen molar-refractivity contribution in [2.45, 2.75) is 40.0 Å². The summed E-state index contributed by atoms with van der Waals surface area (Å²) < 4.78 is 5.69. The van der Waals surface area contributed by atoms with E-state index in [-0.39, 0.29) is 0 Å². The van der Waals surface area contributed by atoms with E-state index in [0.29, 0.717) is 5.92 Å². The van der Waals surface area contributed by atoms with Crippen LogP contribution in [0.3, 0.4) is 0 Å². The molecule has 0 radical (unpaired) electrons. The molecule has 1 atom stereocenters. The van der Waals surface area contributed by atoms with E-state index in [4.69, 9.17) is 4.42 Å². The van der Waals surface area contributed by atoms with Crippen LogP contribution in [0.25, 0.3) is 0 Å². The van der Waals surface area contributed by atoms with Gasteiger partial charge in [-0.25, -0.2) is 0 Å². The molecular weight excluding hydrogens is 196 g/mol. The molecule has 0 saturated heterocycles. The molecule has 1 unspecified atom stereocenters. The van der Waals surface area contributed by atoms with Crippen molar-refractivity contribution in [1.29, 1.82) is 0 Å². The lowest BCUT2D eigenvalue weighted by Crippen LogP contribution is -2.01. The van der Waals surface area contributed by atoms with E-state index in [1.54, 1.807) is 16.7 Å². The Morgan fingerprint density at radius 2 is 2.12 bits per heavy atom. The third-order valence-electron chi connectivity index (χ3n) is 4.06. The quantitative estimate of drug-likeness (QED) is 0.637. The van der Waals surface area contributed by atoms with Crippen molar-refractivity contribution in [3.05, 3.63) is 45.9 Å². The van der Waals surface area contributed by atoms with Gasteiger partial charge in [0, 0.05) is 18.4 Å². The molecule has 1 heteroatoms. The van der Waals surface area contributed by atoms with Gasteiger partial charge in [0.1, 0.15) is 5.76 Å². The number of allylic oxidation sites excluding steroid dienone is 4. The van der Waals surface area contributed by atoms with Crippen molar-refractivity contribution >= 4 is 0 Å². The molecule has 2 aliphatic rings. The third-order valence-corrected chi connectivity index (χ3v) is 4.06. The summed E-state index contributed by atoms with van der Waals surface area (Å²) in [4.78, 5) is 0. The molecule has 0 aromatic carbocycles. The molecule has 1 aromatic heterocycles. The molecule has 0 spiro atoms. The first-order valence-corrected chi connectivity index (χ1v) is 6.11. The van der Waals surface area contributed by atoms with Crippen LogP contribution in [0.4, 0.5) is 0 Å². The lowest BCUT2D eigenvalue weighted by molar-refractivity contribution is 0.481. The summed E-state index contributed by atoms with van der Waals surface area (Å²) in [6, 6.07) is 0. The molecule has 1 aromatic rings. The first-order valence-electron chi connectivity index (χ1n) is 6.11. The highest BCUT2D eigenvalue weighted by Gasteiger charge is 2.27. The van der Waals surface area contributed by atoms with Gasteiger partial charge >= 0.3 is 0 Å². The van der Waals surface area contributed by atoms with Gasteiger partial charge in [0.25, 0.3) is 0 Å². The van der Waals surface area contributed by atoms with Gasteiger partial charge in [-0.1, -0.05) is 18.6 Å². The van der Waals surface area contributed by atoms with Crippen molar-refractivity contribution in [3.63, 3.8) is 0 Å². The van der Waals surface area contributed by atoms with Gasteiger partial charge in [0.15, 0.2) is 0 Å². The molecule has 0 aliphatic heterocycles. The number of hydrogen-bond acceptors (Lipinski definition) is 1. The van der Waals surface area contributed by atoms with Crippen LogP contribution in [-0.4, -0.2) is 0 Å². The van der Waals surface area contributed by atoms with Crippen molar-refractivity contribution < 1.29 is 4.42 Å². The normalized spacial score (nSPS) is 23.9. The highest BCUT2D eigenvalue weighted by atomic mass is 16.3. The van der Waals surface area contributed by atoms with Gasteiger partial charge in [-0.05, 0) is 42.9 Å². The van der Waals surface area contributed by atoms with Crippen LogP contribution in [0.1, 0.15) is 37.2 Å². The molecule has 1 nitrogen and oxygen atoms in total. The van der Waals surface area contributed by atoms with Crippen molar-refractivity contribution in [2.24, 2.45) is 5.92 Å². The second kappa shape index (κ2) is 3.38. The first-order chi connectivity index (χ1) is 7.66. The molecule has 0 amide bonds. The maximum atomic E-state index is 5.69. The molecular formula is C15H18O. The van der Waals surface area contributed by atoms with Crippen LogP contribution in [0.5, 0.6) is 0 Å². The van der Waals surface area contributed by atoms with Crippen LogP contribution >= 0.6 is 0 Å². The van der Waals surface area contributed by atoms with Crippen LogP contribution in [0.15, 0.2) is 33.5 Å². The van der Waals surface area contributed by atoms with E-state index in [9.17, 15) is 0 Å². The maximum Gasteiger partial charge on any atom is 0.108 e. The number of rotatable bonds is 0. The Labute approximate surface area is 96.8 Å². The van der Waals surface area contributed by atoms with E-state index in [2.05, 4.69) is 26.8 Å². The predicted octanol–water partition coefficient (Wildman–Crippen LogP) is 3.97. The zero-order valence-corrected chi connectivity index (χ0v) is 10.3. The number of hydrogen-bond donors (Lipinski definition) is 0. The van der Waals surface area contributed by atoms with Gasteiger partial charge < -0.3 is 4.42 Å². The van der Waals surface area contributed by atoms with Gasteiger partial charge in [-0.3, -0.25) is 0 Å². The monoisotopic (exact) mass is 214 g/mol. The largest absolute Gasteiger partial charge is 0.469 e. The van der Waals surface area contributed by atoms with Crippen molar-refractivity contribution in [3.8, 4) is 0 Å². The minimum atomic E-state index is 0.610. The van der Waals surface area contributed by atoms with E-state index in [1.165, 1.54) is 16.9 Å². The van der Waals surface area contributed by atoms with E-state index in [1.807, 2.05) is 6.26 Å². The standard InChI is InChI=1S/C15H18O/c1-9-4-5-12-10(2)6-15-14(7-13(9)12)11(3)8-16-15/h5,8,10H,4,6-7H2,1-3H3. The molecule has 0 saturated carbocycles. The Balaban J connectivity index is 2.13. The second-order valence-corrected chi connectivity index (χ2v) is 5.22. The molecule has 0 N–H and O–H groups in total. The molecule has 3 rings (SSSR count). The Morgan fingerprint density at radius 1 is 1.31 bits per heavy atom. The Kier molecular flexibility index (Phi) is 2.10. The SMILES string of the molecule is CC1=C2Cc3c(C)coc3CC(C)C2=CC1. The summed E-state index contributed by atoms with van der Waals surface area (Å²) in [5.74, 6) is 1.82. The maximum absolute atomic E-state index is 5.69. The van der Waals surface area contributed by atoms with Crippen LogP contribution in [0.2, 0.25) is 0 Å². The molecule has 1 heterocycles. The third kappa shape index (κ3) is 1.31. The minimum absolute atomic E-state index is 0.610. The Morgan fingerprint density at radius 3 is 2.94 bits per heavy atom. The zero-order valence-electron chi connectivity index (χ0n) is 10.3. The fraction of sp³-hybridized carbons (Fsp3) is 0.467. The summed E-state index contributed by atoms with van der Waals surface area (Å²) in [6.45, 7) is 6.75. The summed E-state index contributed by atoms with van der Waals surface area (Å²) in [6.07, 6.45) is 7.63. The van der Waals surface area contributed by atoms with Gasteiger partial charge in [-0.15, -0.1) is 0 Å². The topological polar surface area (TPSA) is 13.1 Å². The summed E-state index contributed by atoms with van der Waals surface area (Å²) in [5, 5.41) is 0. The smallest absolute Gasteiger partial charge is 0.108 e. The van der Waals surface area contributed by atoms with E-state index in [0.717, 1.165) is 19.3 Å². The lowest BCUT2D eigenvalue weighted by Gasteiger charge is -2.12. The van der Waals surface area contributed by atoms with E-state index < -0.39 is 0 Å². The summed E-state index contributed by atoms with van der Waals surface area (Å²) in [7, 11) is 0. The van der Waals surface area contributed by atoms with Crippen LogP contribution < -0.4 is 0 Å². The zero-order chi connectivity index (χ0) is 11.3. The molecule has 16 heavy (non-hydrogen) atoms. The molecule has 0 bridgehead atoms. The van der Waals surface area contributed by atoms with Crippen LogP contribution in [0, 0.1) is 12.8 Å². The van der Waals surface area contributed by atoms with Gasteiger partial charge in [-0.2, -0.15) is 0 Å². The number of aryl methyl sites for hydroxylation is 1. The number of furan rings is 1. The highest BCUT2D eigenvalue weighted by Crippen LogP contribution is 2.39. The lowest BCUT2D eigenvalue weighted by atomic mass is 9.93. The predicted molar refractivity (Wildman–Crippen MR) is 65.4 cm³/mol. The second-order valence-electron chi connectivity index (χ2n) is 5.22. The number of fused-ring (bicyclic) bond motifs is 2. The summed E-state index contributed by atoms with van der Waals surface area (Å²) >= 11 is 0. The summed E-state index contributed by atoms with van der Waals surface area (Å²) in [5.41, 5.74) is 7.46. The Bertz CT molecular complexity index is 500. The Hall–Kier alpha value is -1.24. The average Bonchev–Trinajstić information content (AvgIpc) is 2.72. The van der Waals surface area contributed by atoms with Crippen molar-refractivity contribution in [2.75, 3.05) is 0 Å². The van der Waals surface area contributed by atoms with Gasteiger partial charge in [0.05, 0.1) is 6.26 Å². The van der Waals surface area contributed by atoms with Crippen LogP contribution in [-0.2, 0) is 12.8 Å². The molecule has 0 fully saturated rings. The van der Waals surface area contributed by atoms with Gasteiger partial charge in [0.2, 0.25) is 0 Å². The average molecular weight is 214 g/mol. The van der Waals surface area contributed by atoms with Crippen molar-refractivity contribution in [1.82, 2.24) is 0 Å². The molecule has 84 valence electrons. The molecule has 2 aliphatic carbocycles. The fourth-order valence-electron chi connectivity index (χ4n) is 3.00.